The average molecular weight is 953 g/mol. The first-order valence-corrected chi connectivity index (χ1v) is 18.9. The van der Waals surface area contributed by atoms with Gasteiger partial charge < -0.3 is 105 Å². The van der Waals surface area contributed by atoms with Crippen molar-refractivity contribution in [2.75, 3.05) is 6.61 Å². The molecule has 2 aliphatic rings. The standard InChI is InChI=1S/C42H32O26/c43-16-2-12(3-17(44)28(16)52)38(59)66-35-24-10-63-41(62)15-9-23(50)32(56)34(58)27(15)26-11(1-22(49)31(55)33(26)57)8-25(51)65-42(64-24)37(68-40(61)14-6-20(47)30(54)21(48)7-14)36(35)67-39(60)13-4-18(45)29(53)19(46)5-13/h1-7,9,24,35-37,42-50,52-58H,8,10H2/t24-,35-,36+,37-,42+/m1/s1. The molecular formula is C42H32O26. The third-order valence-corrected chi connectivity index (χ3v) is 10.3. The Kier molecular flexibility index (Phi) is 11.9. The molecule has 5 aromatic rings. The van der Waals surface area contributed by atoms with E-state index in [2.05, 4.69) is 0 Å². The number of phenols is 15. The molecule has 0 unspecified atom stereocenters. The van der Waals surface area contributed by atoms with Crippen LogP contribution in [0.5, 0.6) is 86.2 Å². The van der Waals surface area contributed by atoms with Crippen LogP contribution in [0.25, 0.3) is 11.1 Å². The topological polar surface area (TPSA) is 444 Å². The maximum atomic E-state index is 14.0. The van der Waals surface area contributed by atoms with E-state index in [0.717, 1.165) is 0 Å². The van der Waals surface area contributed by atoms with Crippen LogP contribution in [-0.4, -0.2) is 144 Å². The highest BCUT2D eigenvalue weighted by atomic mass is 16.7. The van der Waals surface area contributed by atoms with Crippen LogP contribution < -0.4 is 0 Å². The molecule has 2 aliphatic heterocycles. The van der Waals surface area contributed by atoms with Gasteiger partial charge >= 0.3 is 29.8 Å². The predicted molar refractivity (Wildman–Crippen MR) is 213 cm³/mol. The van der Waals surface area contributed by atoms with Gasteiger partial charge in [0.15, 0.2) is 87.0 Å². The van der Waals surface area contributed by atoms with Gasteiger partial charge in [-0.25, -0.2) is 19.2 Å². The van der Waals surface area contributed by atoms with Crippen LogP contribution in [0.2, 0.25) is 0 Å². The van der Waals surface area contributed by atoms with E-state index >= 15 is 0 Å². The summed E-state index contributed by atoms with van der Waals surface area (Å²) in [6.45, 7) is -1.28. The van der Waals surface area contributed by atoms with Gasteiger partial charge in [0.1, 0.15) is 12.7 Å². The number of cyclic esters (lactones) is 1. The van der Waals surface area contributed by atoms with Crippen molar-refractivity contribution >= 4 is 29.8 Å². The van der Waals surface area contributed by atoms with E-state index in [0.29, 0.717) is 48.5 Å². The fourth-order valence-electron chi connectivity index (χ4n) is 6.99. The van der Waals surface area contributed by atoms with E-state index in [9.17, 15) is 101 Å². The van der Waals surface area contributed by atoms with Crippen LogP contribution in [-0.2, 0) is 39.6 Å². The molecule has 0 saturated carbocycles. The van der Waals surface area contributed by atoms with Crippen molar-refractivity contribution in [3.63, 3.8) is 0 Å². The molecule has 0 amide bonds. The fraction of sp³-hybridized carbons (Fsp3) is 0.167. The second kappa shape index (κ2) is 17.4. The maximum absolute atomic E-state index is 14.0. The van der Waals surface area contributed by atoms with Crippen LogP contribution in [0.1, 0.15) is 47.0 Å². The van der Waals surface area contributed by atoms with E-state index in [-0.39, 0.29) is 0 Å². The number of hydrogen-bond donors (Lipinski definition) is 15. The molecule has 2 heterocycles. The summed E-state index contributed by atoms with van der Waals surface area (Å²) >= 11 is 0. The highest BCUT2D eigenvalue weighted by Crippen LogP contribution is 2.53. The van der Waals surface area contributed by atoms with Gasteiger partial charge in [0.05, 0.1) is 28.7 Å². The molecule has 7 rings (SSSR count). The molecule has 1 fully saturated rings. The number of esters is 5. The molecule has 0 aliphatic carbocycles. The highest BCUT2D eigenvalue weighted by molar-refractivity contribution is 6.03. The highest BCUT2D eigenvalue weighted by Gasteiger charge is 2.55. The SMILES string of the molecule is O=C1Cc2cc(O)c(O)c(O)c2-c2c(cc(O)c(O)c2O)C(=O)OC[C@H]2O[C@@H](O1)[C@H](OC(=O)c1cc(O)c(O)c(O)c1)[C@@H](OC(=O)c1cc(O)c(O)c(O)c1)[C@@H]2OC(=O)c1cc(O)c(O)c(O)c1. The molecule has 2 bridgehead atoms. The molecule has 0 aromatic heterocycles. The van der Waals surface area contributed by atoms with Gasteiger partial charge in [0, 0.05) is 11.1 Å². The normalized spacial score (nSPS) is 19.0. The smallest absolute Gasteiger partial charge is 0.339 e. The van der Waals surface area contributed by atoms with Gasteiger partial charge in [0.25, 0.3) is 0 Å². The van der Waals surface area contributed by atoms with Crippen LogP contribution in [0.15, 0.2) is 48.5 Å². The predicted octanol–water partition coefficient (Wildman–Crippen LogP) is 1.60. The van der Waals surface area contributed by atoms with Crippen molar-refractivity contribution in [2.24, 2.45) is 0 Å². The van der Waals surface area contributed by atoms with Crippen molar-refractivity contribution in [3.05, 3.63) is 76.3 Å². The van der Waals surface area contributed by atoms with E-state index in [1.54, 1.807) is 0 Å². The summed E-state index contributed by atoms with van der Waals surface area (Å²) in [5.41, 5.74) is -5.77. The van der Waals surface area contributed by atoms with Gasteiger partial charge in [-0.15, -0.1) is 0 Å². The van der Waals surface area contributed by atoms with Crippen LogP contribution in [0, 0.1) is 0 Å². The Morgan fingerprint density at radius 1 is 0.456 bits per heavy atom. The van der Waals surface area contributed by atoms with Crippen molar-refractivity contribution < 1.29 is 129 Å². The van der Waals surface area contributed by atoms with Crippen molar-refractivity contribution in [1.29, 1.82) is 0 Å². The van der Waals surface area contributed by atoms with Crippen LogP contribution in [0.3, 0.4) is 0 Å². The molecule has 0 spiro atoms. The number of rotatable bonds is 6. The van der Waals surface area contributed by atoms with Gasteiger partial charge in [-0.1, -0.05) is 0 Å². The summed E-state index contributed by atoms with van der Waals surface area (Å²) < 4.78 is 33.6. The second-order valence-corrected chi connectivity index (χ2v) is 14.6. The lowest BCUT2D eigenvalue weighted by molar-refractivity contribution is -0.290. The quantitative estimate of drug-likeness (QED) is 0.0653. The number of carbonyl (C=O) groups excluding carboxylic acids is 5. The molecule has 0 radical (unpaired) electrons. The zero-order valence-corrected chi connectivity index (χ0v) is 33.6. The molecular weight excluding hydrogens is 920 g/mol. The van der Waals surface area contributed by atoms with E-state index in [1.165, 1.54) is 0 Å². The summed E-state index contributed by atoms with van der Waals surface area (Å²) in [7, 11) is 0. The Labute approximate surface area is 375 Å². The summed E-state index contributed by atoms with van der Waals surface area (Å²) in [6, 6.07) is 4.45. The first-order chi connectivity index (χ1) is 32.0. The van der Waals surface area contributed by atoms with Crippen molar-refractivity contribution in [1.82, 2.24) is 0 Å². The number of hydrogen-bond acceptors (Lipinski definition) is 26. The van der Waals surface area contributed by atoms with Crippen molar-refractivity contribution in [3.8, 4) is 97.4 Å². The number of carbonyl (C=O) groups is 5. The first-order valence-electron chi connectivity index (χ1n) is 18.9. The Hall–Kier alpha value is -9.59. The third-order valence-electron chi connectivity index (χ3n) is 10.3. The molecule has 15 N–H and O–H groups in total. The second-order valence-electron chi connectivity index (χ2n) is 14.6. The Balaban J connectivity index is 1.44. The molecule has 5 atom stereocenters. The minimum absolute atomic E-state index is 0.491. The zero-order chi connectivity index (χ0) is 49.8. The van der Waals surface area contributed by atoms with E-state index < -0.39 is 199 Å². The van der Waals surface area contributed by atoms with E-state index in [1.807, 2.05) is 0 Å². The summed E-state index contributed by atoms with van der Waals surface area (Å²) in [5, 5.41) is 155. The molecule has 356 valence electrons. The lowest BCUT2D eigenvalue weighted by atomic mass is 9.90. The zero-order valence-electron chi connectivity index (χ0n) is 33.6. The van der Waals surface area contributed by atoms with Gasteiger partial charge in [-0.05, 0) is 54.1 Å². The Morgan fingerprint density at radius 2 is 0.838 bits per heavy atom. The third kappa shape index (κ3) is 8.42. The monoisotopic (exact) mass is 952 g/mol. The lowest BCUT2D eigenvalue weighted by Crippen LogP contribution is -2.63. The largest absolute Gasteiger partial charge is 0.504 e. The van der Waals surface area contributed by atoms with Gasteiger partial charge in [-0.3, -0.25) is 4.79 Å². The number of fused-ring (bicyclic) bond motifs is 5. The molecule has 68 heavy (non-hydrogen) atoms. The number of benzene rings is 5. The first kappa shape index (κ1) is 46.4. The maximum Gasteiger partial charge on any atom is 0.339 e. The number of phenolic OH excluding ortho intramolecular Hbond substituents is 15. The van der Waals surface area contributed by atoms with Gasteiger partial charge in [0.2, 0.25) is 23.9 Å². The molecule has 26 heteroatoms. The molecule has 5 aromatic carbocycles. The summed E-state index contributed by atoms with van der Waals surface area (Å²) in [5.74, 6) is -25.6. The molecule has 26 nitrogen and oxygen atoms in total. The number of ether oxygens (including phenoxy) is 6. The fourth-order valence-corrected chi connectivity index (χ4v) is 6.99. The Morgan fingerprint density at radius 3 is 1.29 bits per heavy atom. The summed E-state index contributed by atoms with van der Waals surface area (Å²) in [6.07, 6.45) is -13.2. The van der Waals surface area contributed by atoms with Crippen LogP contribution in [0.4, 0.5) is 0 Å². The minimum atomic E-state index is -2.50. The van der Waals surface area contributed by atoms with Gasteiger partial charge in [-0.2, -0.15) is 0 Å². The van der Waals surface area contributed by atoms with E-state index in [4.69, 9.17) is 28.4 Å². The van der Waals surface area contributed by atoms with Crippen LogP contribution >= 0.6 is 0 Å². The Bertz CT molecular complexity index is 2890. The average Bonchev–Trinajstić information content (AvgIpc) is 3.28. The van der Waals surface area contributed by atoms with Crippen molar-refractivity contribution in [2.45, 2.75) is 37.1 Å². The lowest BCUT2D eigenvalue weighted by Gasteiger charge is -2.43. The molecule has 1 saturated heterocycles. The minimum Gasteiger partial charge on any atom is -0.504 e. The number of aromatic hydroxyl groups is 15. The summed E-state index contributed by atoms with van der Waals surface area (Å²) in [4.78, 5) is 69.7.